The SMILES string of the molecule is CC(N)CC(N)(P(=O)(O)O)P(=O)(O)O.CCN(CC)CCC(O)(P(=O)(O)O)P(=O)(O)O.O=P(O)(O)C(O)(CC(O)c1ccccc1)P(=O)(O)O.O=P(O)(O)C(O)(CCO)P(=O)(O)O. The normalized spacial score (nSPS) is 15.2. The first-order chi connectivity index (χ1) is 27.5. The van der Waals surface area contributed by atoms with E-state index in [0.29, 0.717) is 13.1 Å². The molecule has 1 rings (SSSR count). The van der Waals surface area contributed by atoms with Gasteiger partial charge in [-0.2, -0.15) is 0 Å². The Hall–Kier alpha value is 0.1000. The average molecular weight is 1090 g/mol. The van der Waals surface area contributed by atoms with Gasteiger partial charge >= 0.3 is 60.8 Å². The number of hydrogen-bond donors (Lipinski definition) is 23. The van der Waals surface area contributed by atoms with Crippen molar-refractivity contribution in [1.82, 2.24) is 4.90 Å². The summed E-state index contributed by atoms with van der Waals surface area (Å²) in [6, 6.07) is 6.61. The number of nitrogens with two attached hydrogens (primary N) is 2. The number of hydrogen-bond acceptors (Lipinski definition) is 16. The molecule has 0 saturated heterocycles. The topological polar surface area (TPSA) is 617 Å². The van der Waals surface area contributed by atoms with E-state index < -0.39 is 125 Å². The Labute approximate surface area is 357 Å². The maximum atomic E-state index is 11.1. The van der Waals surface area contributed by atoms with E-state index in [2.05, 4.69) is 0 Å². The Morgan fingerprint density at radius 1 is 0.540 bits per heavy atom. The Morgan fingerprint density at radius 3 is 1.05 bits per heavy atom. The number of nitrogens with zero attached hydrogens (tertiary/aromatic N) is 1. The van der Waals surface area contributed by atoms with Gasteiger partial charge in [-0.1, -0.05) is 44.2 Å². The van der Waals surface area contributed by atoms with Crippen LogP contribution in [0.15, 0.2) is 30.3 Å². The molecule has 0 heterocycles. The summed E-state index contributed by atoms with van der Waals surface area (Å²) in [5, 5.41) is 32.9. The molecule has 1 aromatic carbocycles. The van der Waals surface area contributed by atoms with Crippen molar-refractivity contribution >= 4 is 60.8 Å². The third kappa shape index (κ3) is 19.2. The summed E-state index contributed by atoms with van der Waals surface area (Å²) >= 11 is 0. The molecule has 1 aromatic rings. The molecule has 378 valence electrons. The van der Waals surface area contributed by atoms with Crippen LogP contribution in [0.4, 0.5) is 0 Å². The summed E-state index contributed by atoms with van der Waals surface area (Å²) < 4.78 is 87.0. The summed E-state index contributed by atoms with van der Waals surface area (Å²) in [5.41, 5.74) is 10.4. The largest absolute Gasteiger partial charge is 0.396 e. The van der Waals surface area contributed by atoms with Gasteiger partial charge in [-0.05, 0) is 25.6 Å². The molecule has 0 amide bonds. The van der Waals surface area contributed by atoms with Crippen LogP contribution in [0, 0.1) is 0 Å². The fourth-order valence-electron chi connectivity index (χ4n) is 4.26. The number of aliphatic hydroxyl groups is 5. The van der Waals surface area contributed by atoms with Gasteiger partial charge in [-0.25, -0.2) is 0 Å². The number of benzene rings is 1. The van der Waals surface area contributed by atoms with E-state index in [-0.39, 0.29) is 12.1 Å². The number of rotatable bonds is 20. The van der Waals surface area contributed by atoms with Gasteiger partial charge in [-0.15, -0.1) is 0 Å². The Balaban J connectivity index is -0.000000771. The molecule has 63 heavy (non-hydrogen) atoms. The van der Waals surface area contributed by atoms with Crippen LogP contribution in [0.5, 0.6) is 0 Å². The predicted molar refractivity (Wildman–Crippen MR) is 217 cm³/mol. The highest BCUT2D eigenvalue weighted by molar-refractivity contribution is 7.73. The first-order valence-electron chi connectivity index (χ1n) is 16.7. The van der Waals surface area contributed by atoms with E-state index >= 15 is 0 Å². The highest BCUT2D eigenvalue weighted by atomic mass is 31.3. The molecule has 32 nitrogen and oxygen atoms in total. The fraction of sp³-hybridized carbons (Fsp3) is 0.739. The third-order valence-corrected chi connectivity index (χ3v) is 23.7. The molecule has 25 N–H and O–H groups in total. The minimum atomic E-state index is -5.55. The van der Waals surface area contributed by atoms with E-state index in [1.807, 2.05) is 0 Å². The minimum Gasteiger partial charge on any atom is -0.396 e. The minimum absolute atomic E-state index is 0.0142. The molecular formula is C23H57N3O29P8. The van der Waals surface area contributed by atoms with Gasteiger partial charge in [0.1, 0.15) is 0 Å². The van der Waals surface area contributed by atoms with Crippen molar-refractivity contribution in [3.05, 3.63) is 35.9 Å². The van der Waals surface area contributed by atoms with E-state index in [9.17, 15) is 51.8 Å². The molecule has 40 heteroatoms. The lowest BCUT2D eigenvalue weighted by atomic mass is 10.1. The predicted octanol–water partition coefficient (Wildman–Crippen LogP) is -3.11. The van der Waals surface area contributed by atoms with E-state index in [1.54, 1.807) is 24.8 Å². The highest BCUT2D eigenvalue weighted by Crippen LogP contribution is 2.71. The molecule has 0 saturated carbocycles. The Bertz CT molecular complexity index is 1870. The molecule has 2 atom stereocenters. The first-order valence-corrected chi connectivity index (χ1v) is 29.6. The first kappa shape index (κ1) is 67.4. The van der Waals surface area contributed by atoms with Crippen molar-refractivity contribution in [1.29, 1.82) is 0 Å². The van der Waals surface area contributed by atoms with Crippen LogP contribution < -0.4 is 11.5 Å². The highest BCUT2D eigenvalue weighted by Gasteiger charge is 2.61. The summed E-state index contributed by atoms with van der Waals surface area (Å²) in [6.07, 6.45) is -5.27. The quantitative estimate of drug-likeness (QED) is 0.0575. The maximum Gasteiger partial charge on any atom is 0.369 e. The zero-order chi connectivity index (χ0) is 51.5. The van der Waals surface area contributed by atoms with Gasteiger partial charge in [-0.3, -0.25) is 36.5 Å². The zero-order valence-electron chi connectivity index (χ0n) is 33.0. The second-order valence-corrected chi connectivity index (χ2v) is 29.3. The van der Waals surface area contributed by atoms with Gasteiger partial charge in [0.05, 0.1) is 6.10 Å². The van der Waals surface area contributed by atoms with E-state index in [1.165, 1.54) is 31.2 Å². The molecule has 0 aliphatic heterocycles. The second kappa shape index (κ2) is 24.6. The van der Waals surface area contributed by atoms with E-state index in [0.717, 1.165) is 0 Å². The fourth-order valence-corrected chi connectivity index (χ4v) is 13.1. The lowest BCUT2D eigenvalue weighted by Gasteiger charge is -2.31. The van der Waals surface area contributed by atoms with Gasteiger partial charge < -0.3 is 120 Å². The van der Waals surface area contributed by atoms with Gasteiger partial charge in [0.15, 0.2) is 0 Å². The van der Waals surface area contributed by atoms with Crippen LogP contribution in [0.1, 0.15) is 58.1 Å². The lowest BCUT2D eigenvalue weighted by molar-refractivity contribution is 0.0632. The molecule has 0 spiro atoms. The summed E-state index contributed by atoms with van der Waals surface area (Å²) in [5.74, 6) is 0. The molecule has 0 radical (unpaired) electrons. The van der Waals surface area contributed by atoms with Crippen LogP contribution in [-0.2, 0) is 36.5 Å². The van der Waals surface area contributed by atoms with Crippen molar-refractivity contribution in [2.75, 3.05) is 26.2 Å². The lowest BCUT2D eigenvalue weighted by Crippen LogP contribution is -2.43. The van der Waals surface area contributed by atoms with E-state index in [4.69, 9.17) is 100.0 Å². The summed E-state index contributed by atoms with van der Waals surface area (Å²) in [4.78, 5) is 142. The average Bonchev–Trinajstić information content (AvgIpc) is 3.05. The number of aliphatic hydroxyl groups excluding tert-OH is 2. The molecule has 2 unspecified atom stereocenters. The Kier molecular flexibility index (Phi) is 26.3. The Morgan fingerprint density at radius 2 is 0.841 bits per heavy atom. The van der Waals surface area contributed by atoms with Gasteiger partial charge in [0.2, 0.25) is 5.02 Å². The van der Waals surface area contributed by atoms with Gasteiger partial charge in [0, 0.05) is 44.9 Å². The maximum absolute atomic E-state index is 11.1. The van der Waals surface area contributed by atoms with Crippen LogP contribution in [0.3, 0.4) is 0 Å². The van der Waals surface area contributed by atoms with Crippen LogP contribution in [-0.4, -0.2) is 161 Å². The molecule has 0 aromatic heterocycles. The van der Waals surface area contributed by atoms with Crippen molar-refractivity contribution in [3.8, 4) is 0 Å². The third-order valence-electron chi connectivity index (χ3n) is 8.19. The monoisotopic (exact) mass is 1090 g/mol. The molecule has 0 aliphatic carbocycles. The molecule has 0 bridgehead atoms. The molecular weight excluding hydrogens is 1030 g/mol. The van der Waals surface area contributed by atoms with Crippen molar-refractivity contribution in [2.24, 2.45) is 11.5 Å². The van der Waals surface area contributed by atoms with Crippen molar-refractivity contribution in [2.45, 2.75) is 78.9 Å². The molecule has 0 aliphatic rings. The van der Waals surface area contributed by atoms with Gasteiger partial charge in [0.25, 0.3) is 15.2 Å². The smallest absolute Gasteiger partial charge is 0.369 e. The van der Waals surface area contributed by atoms with Crippen LogP contribution in [0.25, 0.3) is 0 Å². The summed E-state index contributed by atoms with van der Waals surface area (Å²) in [6.45, 7) is 5.05. The van der Waals surface area contributed by atoms with Crippen LogP contribution >= 0.6 is 60.8 Å². The van der Waals surface area contributed by atoms with Crippen molar-refractivity contribution < 1.29 is 140 Å². The standard InChI is InChI=1S/C9H14O8P2.C7H19NO7P2.C4H14N2O6P2.C3H10O8P2/c10-8(7-4-2-1-3-5-7)6-9(11,18(12,13)14)19(15,16)17;1-3-8(4-2)6-5-7(9,16(10,11)12)17(13,14)15;1-3(5)2-4(6,13(7,8)9)14(10,11)12;4-2-1-3(5,12(6,7)8)13(9,10)11/h1-5,8,10-11H,6H2,(H2,12,13,14)(H2,15,16,17);9H,3-6H2,1-2H3,(H2,10,11,12)(H2,13,14,15);3H,2,5-6H2,1H3,(H2,7,8,9)(H2,10,11,12);4-5H,1-2H2,(H2,6,7,8)(H2,9,10,11). The van der Waals surface area contributed by atoms with Crippen LogP contribution in [0.2, 0.25) is 0 Å². The van der Waals surface area contributed by atoms with Crippen molar-refractivity contribution in [3.63, 3.8) is 0 Å². The second-order valence-electron chi connectivity index (χ2n) is 13.1. The zero-order valence-corrected chi connectivity index (χ0v) is 40.2. The molecule has 0 fully saturated rings. The summed E-state index contributed by atoms with van der Waals surface area (Å²) in [7, 11) is -42.8.